The van der Waals surface area contributed by atoms with Gasteiger partial charge in [0.05, 0.1) is 0 Å². The Morgan fingerprint density at radius 3 is 1.90 bits per heavy atom. The number of nitrogens with zero attached hydrogens (tertiary/aromatic N) is 3. The predicted octanol–water partition coefficient (Wildman–Crippen LogP) is 1.62. The van der Waals surface area contributed by atoms with E-state index in [0.29, 0.717) is 0 Å². The summed E-state index contributed by atoms with van der Waals surface area (Å²) in [5.41, 5.74) is 2.46. The summed E-state index contributed by atoms with van der Waals surface area (Å²) < 4.78 is 4.87. The van der Waals surface area contributed by atoms with Crippen LogP contribution in [0.2, 0.25) is 0 Å². The molecule has 6 nitrogen and oxygen atoms in total. The number of para-hydroxylation sites is 2. The molecule has 31 heavy (non-hydrogen) atoms. The summed E-state index contributed by atoms with van der Waals surface area (Å²) >= 11 is -0.543. The summed E-state index contributed by atoms with van der Waals surface area (Å²) in [6, 6.07) is 20.5. The van der Waals surface area contributed by atoms with E-state index in [-0.39, 0.29) is 20.1 Å². The van der Waals surface area contributed by atoms with E-state index in [9.17, 15) is 14.4 Å². The Hall–Kier alpha value is -2.62. The van der Waals surface area contributed by atoms with Gasteiger partial charge in [-0.1, -0.05) is 0 Å². The van der Waals surface area contributed by atoms with Crippen molar-refractivity contribution in [3.05, 3.63) is 70.7 Å². The fourth-order valence-corrected chi connectivity index (χ4v) is 8.67. The molecule has 2 aromatic carbocycles. The molecule has 0 aliphatic carbocycles. The van der Waals surface area contributed by atoms with Gasteiger partial charge in [0.25, 0.3) is 0 Å². The molecule has 3 heterocycles. The van der Waals surface area contributed by atoms with Crippen LogP contribution in [0.5, 0.6) is 0 Å². The summed E-state index contributed by atoms with van der Waals surface area (Å²) in [5, 5.41) is 0. The van der Waals surface area contributed by atoms with Crippen molar-refractivity contribution in [3.63, 3.8) is 0 Å². The molecule has 0 unspecified atom stereocenters. The third-order valence-electron chi connectivity index (χ3n) is 5.20. The number of amides is 4. The van der Waals surface area contributed by atoms with Crippen LogP contribution >= 0.6 is 0 Å². The molecule has 4 amide bonds. The average molecular weight is 590 g/mol. The van der Waals surface area contributed by atoms with E-state index in [1.807, 2.05) is 6.07 Å². The van der Waals surface area contributed by atoms with E-state index in [1.165, 1.54) is 32.7 Å². The van der Waals surface area contributed by atoms with Crippen LogP contribution in [-0.4, -0.2) is 77.2 Å². The number of rotatable bonds is 2. The van der Waals surface area contributed by atoms with Gasteiger partial charge in [-0.15, -0.1) is 0 Å². The van der Waals surface area contributed by atoms with Crippen molar-refractivity contribution in [1.29, 1.82) is 0 Å². The van der Waals surface area contributed by atoms with E-state index >= 15 is 0 Å². The molecular formula is C23H17N3O3SeTe. The van der Waals surface area contributed by atoms with Crippen LogP contribution in [0.25, 0.3) is 6.08 Å². The van der Waals surface area contributed by atoms with Gasteiger partial charge in [-0.25, -0.2) is 0 Å². The number of hydrogen-bond acceptors (Lipinski definition) is 4. The Labute approximate surface area is 195 Å². The Kier molecular flexibility index (Phi) is 5.11. The Balaban J connectivity index is 1.57. The number of imide groups is 2. The number of fused-ring (bicyclic) bond motifs is 2. The number of benzene rings is 2. The number of anilines is 3. The zero-order valence-electron chi connectivity index (χ0n) is 16.7. The summed E-state index contributed by atoms with van der Waals surface area (Å²) in [5.74, 6) is -1.12. The molecule has 2 aliphatic heterocycles. The molecular weight excluding hydrogens is 573 g/mol. The van der Waals surface area contributed by atoms with Gasteiger partial charge in [0.2, 0.25) is 0 Å². The first kappa shape index (κ1) is 20.3. The molecule has 0 N–H and O–H groups in total. The molecule has 0 bridgehead atoms. The molecule has 1 fully saturated rings. The number of barbiturate groups is 1. The fourth-order valence-electron chi connectivity index (χ4n) is 3.60. The molecule has 0 spiro atoms. The first-order valence-electron chi connectivity index (χ1n) is 9.53. The SMILES string of the molecule is CN1C(=O)C(=Cc2ccc(N3c4ccccc4[Te]c4ccccc43)[se]2)C(=O)N(C)C1=O. The second-order valence-corrected chi connectivity index (χ2v) is 12.5. The molecule has 0 atom stereocenters. The molecule has 1 saturated heterocycles. The standard InChI is InChI=1S/C23H17N3O3SeTe/c1-24-21(27)15(22(28)25(2)23(24)29)13-14-11-12-20(30-14)26-16-7-3-5-9-18(16)31-19-10-6-4-8-17(19)26/h3-13H,1-2H3. The van der Waals surface area contributed by atoms with E-state index in [4.69, 9.17) is 0 Å². The van der Waals surface area contributed by atoms with Crippen LogP contribution in [0.1, 0.15) is 4.44 Å². The van der Waals surface area contributed by atoms with E-state index in [0.717, 1.165) is 18.8 Å². The van der Waals surface area contributed by atoms with Crippen molar-refractivity contribution in [3.8, 4) is 0 Å². The molecule has 0 radical (unpaired) electrons. The van der Waals surface area contributed by atoms with Crippen LogP contribution in [0.3, 0.4) is 0 Å². The van der Waals surface area contributed by atoms with Crippen molar-refractivity contribution in [1.82, 2.24) is 9.80 Å². The van der Waals surface area contributed by atoms with Gasteiger partial charge in [-0.3, -0.25) is 0 Å². The Morgan fingerprint density at radius 1 is 0.774 bits per heavy atom. The van der Waals surface area contributed by atoms with Crippen molar-refractivity contribution >= 4 is 82.5 Å². The van der Waals surface area contributed by atoms with Crippen LogP contribution in [0, 0.1) is 0 Å². The van der Waals surface area contributed by atoms with Gasteiger partial charge in [0.15, 0.2) is 0 Å². The number of likely N-dealkylation sites (N-methyl/N-ethyl adjacent to an activating group) is 2. The minimum absolute atomic E-state index is 0.0266. The summed E-state index contributed by atoms with van der Waals surface area (Å²) in [7, 11) is 2.79. The maximum absolute atomic E-state index is 12.5. The molecule has 154 valence electrons. The van der Waals surface area contributed by atoms with Gasteiger partial charge in [-0.2, -0.15) is 0 Å². The molecule has 0 saturated carbocycles. The Morgan fingerprint density at radius 2 is 1.32 bits per heavy atom. The van der Waals surface area contributed by atoms with Gasteiger partial charge in [-0.05, 0) is 0 Å². The van der Waals surface area contributed by atoms with Gasteiger partial charge in [0, 0.05) is 0 Å². The number of hydrogen-bond donors (Lipinski definition) is 0. The number of carbonyl (C=O) groups is 3. The van der Waals surface area contributed by atoms with E-state index in [2.05, 4.69) is 59.5 Å². The zero-order valence-corrected chi connectivity index (χ0v) is 20.8. The first-order valence-corrected chi connectivity index (χ1v) is 13.6. The molecule has 2 aliphatic rings. The van der Waals surface area contributed by atoms with E-state index in [1.54, 1.807) is 6.08 Å². The second-order valence-electron chi connectivity index (χ2n) is 7.12. The predicted molar refractivity (Wildman–Crippen MR) is 122 cm³/mol. The molecule has 3 aromatic rings. The third-order valence-corrected chi connectivity index (χ3v) is 10.6. The van der Waals surface area contributed by atoms with Crippen molar-refractivity contribution in [2.45, 2.75) is 0 Å². The monoisotopic (exact) mass is 593 g/mol. The van der Waals surface area contributed by atoms with Gasteiger partial charge in [0.1, 0.15) is 0 Å². The summed E-state index contributed by atoms with van der Waals surface area (Å²) in [6.45, 7) is 0. The minimum atomic E-state index is -0.609. The van der Waals surface area contributed by atoms with Crippen LogP contribution in [0.4, 0.5) is 20.7 Å². The van der Waals surface area contributed by atoms with Crippen LogP contribution < -0.4 is 12.1 Å². The topological polar surface area (TPSA) is 60.9 Å². The molecule has 1 aromatic heterocycles. The van der Waals surface area contributed by atoms with Crippen molar-refractivity contribution in [2.24, 2.45) is 0 Å². The number of carbonyl (C=O) groups excluding carboxylic acids is 3. The van der Waals surface area contributed by atoms with E-state index < -0.39 is 38.8 Å². The fraction of sp³-hybridized carbons (Fsp3) is 0.0870. The summed E-state index contributed by atoms with van der Waals surface area (Å²) in [4.78, 5) is 41.3. The Bertz CT molecular complexity index is 1210. The number of urea groups is 1. The molecule has 8 heteroatoms. The van der Waals surface area contributed by atoms with Crippen molar-refractivity contribution < 1.29 is 14.4 Å². The first-order chi connectivity index (χ1) is 15.0. The average Bonchev–Trinajstić information content (AvgIpc) is 3.25. The summed E-state index contributed by atoms with van der Waals surface area (Å²) in [6.07, 6.45) is 1.64. The van der Waals surface area contributed by atoms with Crippen LogP contribution in [-0.2, 0) is 9.59 Å². The zero-order chi connectivity index (χ0) is 21.7. The molecule has 5 rings (SSSR count). The third kappa shape index (κ3) is 3.37. The quantitative estimate of drug-likeness (QED) is 0.203. The normalized spacial score (nSPS) is 15.9. The second kappa shape index (κ2) is 7.81. The maximum atomic E-state index is 12.5. The van der Waals surface area contributed by atoms with Crippen molar-refractivity contribution in [2.75, 3.05) is 19.0 Å². The van der Waals surface area contributed by atoms with Crippen LogP contribution in [0.15, 0.2) is 66.2 Å². The van der Waals surface area contributed by atoms with Gasteiger partial charge < -0.3 is 0 Å². The van der Waals surface area contributed by atoms with Gasteiger partial charge >= 0.3 is 196 Å².